The highest BCUT2D eigenvalue weighted by atomic mass is 19.1. The molecular formula is C12H13FN2. The number of halogens is 1. The summed E-state index contributed by atoms with van der Waals surface area (Å²) in [5.74, 6) is -0.110. The molecule has 0 spiro atoms. The lowest BCUT2D eigenvalue weighted by Crippen LogP contribution is -2.17. The van der Waals surface area contributed by atoms with Crippen LogP contribution in [-0.2, 0) is 13.0 Å². The first-order chi connectivity index (χ1) is 7.36. The van der Waals surface area contributed by atoms with Crippen LogP contribution in [0.2, 0.25) is 0 Å². The molecule has 2 nitrogen and oxygen atoms in total. The molecule has 2 heterocycles. The zero-order chi connectivity index (χ0) is 10.3. The number of hydrogen-bond acceptors (Lipinski definition) is 1. The molecule has 2 aromatic rings. The first kappa shape index (κ1) is 8.92. The average Bonchev–Trinajstić information content (AvgIpc) is 2.45. The van der Waals surface area contributed by atoms with Gasteiger partial charge < -0.3 is 9.88 Å². The van der Waals surface area contributed by atoms with Crippen LogP contribution in [0.25, 0.3) is 10.9 Å². The molecule has 0 unspecified atom stereocenters. The second kappa shape index (κ2) is 3.35. The fourth-order valence-corrected chi connectivity index (χ4v) is 2.31. The molecule has 0 amide bonds. The van der Waals surface area contributed by atoms with Crippen molar-refractivity contribution in [2.75, 3.05) is 13.1 Å². The summed E-state index contributed by atoms with van der Waals surface area (Å²) in [6.07, 6.45) is 0.980. The van der Waals surface area contributed by atoms with Crippen LogP contribution in [-0.4, -0.2) is 17.7 Å². The molecule has 0 fully saturated rings. The van der Waals surface area contributed by atoms with Crippen LogP contribution < -0.4 is 5.32 Å². The van der Waals surface area contributed by atoms with Crippen molar-refractivity contribution >= 4 is 10.9 Å². The fourth-order valence-electron chi connectivity index (χ4n) is 2.31. The monoisotopic (exact) mass is 204 g/mol. The van der Waals surface area contributed by atoms with Gasteiger partial charge in [-0.3, -0.25) is 0 Å². The molecule has 1 aliphatic rings. The molecule has 0 bridgehead atoms. The van der Waals surface area contributed by atoms with Crippen molar-refractivity contribution in [2.45, 2.75) is 13.0 Å². The molecule has 15 heavy (non-hydrogen) atoms. The third kappa shape index (κ3) is 1.35. The maximum atomic E-state index is 13.5. The van der Waals surface area contributed by atoms with Crippen molar-refractivity contribution in [3.63, 3.8) is 0 Å². The Morgan fingerprint density at radius 2 is 2.20 bits per heavy atom. The maximum absolute atomic E-state index is 13.5. The maximum Gasteiger partial charge on any atom is 0.132 e. The second-order valence-electron chi connectivity index (χ2n) is 3.96. The highest BCUT2D eigenvalue weighted by Crippen LogP contribution is 2.23. The van der Waals surface area contributed by atoms with Crippen LogP contribution in [0.1, 0.15) is 5.69 Å². The molecule has 0 aliphatic carbocycles. The van der Waals surface area contributed by atoms with E-state index in [1.165, 1.54) is 11.8 Å². The quantitative estimate of drug-likeness (QED) is 0.693. The predicted octanol–water partition coefficient (Wildman–Crippen LogP) is 1.93. The van der Waals surface area contributed by atoms with Crippen LogP contribution in [0.15, 0.2) is 24.3 Å². The summed E-state index contributed by atoms with van der Waals surface area (Å²) in [4.78, 5) is 0. The Hall–Kier alpha value is -1.35. The molecule has 1 aliphatic heterocycles. The molecule has 78 valence electrons. The van der Waals surface area contributed by atoms with Crippen LogP contribution in [0.5, 0.6) is 0 Å². The highest BCUT2D eigenvalue weighted by molar-refractivity contribution is 5.82. The summed E-state index contributed by atoms with van der Waals surface area (Å²) in [7, 11) is 0. The Balaban J connectivity index is 2.28. The van der Waals surface area contributed by atoms with E-state index in [2.05, 4.69) is 9.88 Å². The van der Waals surface area contributed by atoms with E-state index >= 15 is 0 Å². The highest BCUT2D eigenvalue weighted by Gasteiger charge is 2.12. The van der Waals surface area contributed by atoms with Crippen molar-refractivity contribution < 1.29 is 4.39 Å². The minimum atomic E-state index is -0.110. The van der Waals surface area contributed by atoms with Crippen molar-refractivity contribution in [3.05, 3.63) is 35.8 Å². The molecule has 1 aromatic carbocycles. The lowest BCUT2D eigenvalue weighted by Gasteiger charge is -2.05. The number of nitrogens with zero attached hydrogens (tertiary/aromatic N) is 1. The first-order valence-electron chi connectivity index (χ1n) is 5.33. The average molecular weight is 204 g/mol. The van der Waals surface area contributed by atoms with E-state index < -0.39 is 0 Å². The van der Waals surface area contributed by atoms with Crippen molar-refractivity contribution in [2.24, 2.45) is 0 Å². The largest absolute Gasteiger partial charge is 0.343 e. The molecule has 0 atom stereocenters. The minimum absolute atomic E-state index is 0.110. The number of nitrogens with one attached hydrogen (secondary N) is 1. The SMILES string of the molecule is Fc1cccc2c1cc1n2CCNCC1. The smallest absolute Gasteiger partial charge is 0.132 e. The number of rotatable bonds is 0. The Kier molecular flexibility index (Phi) is 1.99. The zero-order valence-corrected chi connectivity index (χ0v) is 8.46. The summed E-state index contributed by atoms with van der Waals surface area (Å²) in [5.41, 5.74) is 2.26. The second-order valence-corrected chi connectivity index (χ2v) is 3.96. The van der Waals surface area contributed by atoms with Crippen LogP contribution in [0.4, 0.5) is 4.39 Å². The van der Waals surface area contributed by atoms with E-state index in [0.29, 0.717) is 0 Å². The van der Waals surface area contributed by atoms with E-state index in [1.807, 2.05) is 12.1 Å². The van der Waals surface area contributed by atoms with Gasteiger partial charge in [0.15, 0.2) is 0 Å². The van der Waals surface area contributed by atoms with Gasteiger partial charge in [-0.1, -0.05) is 6.07 Å². The summed E-state index contributed by atoms with van der Waals surface area (Å²) >= 11 is 0. The van der Waals surface area contributed by atoms with E-state index in [1.54, 1.807) is 6.07 Å². The summed E-state index contributed by atoms with van der Waals surface area (Å²) < 4.78 is 15.8. The predicted molar refractivity (Wildman–Crippen MR) is 58.5 cm³/mol. The summed E-state index contributed by atoms with van der Waals surface area (Å²) in [5, 5.41) is 4.10. The number of hydrogen-bond donors (Lipinski definition) is 1. The van der Waals surface area contributed by atoms with Gasteiger partial charge in [0, 0.05) is 37.1 Å². The Morgan fingerprint density at radius 1 is 1.27 bits per heavy atom. The van der Waals surface area contributed by atoms with Gasteiger partial charge in [0.05, 0.1) is 5.52 Å². The van der Waals surface area contributed by atoms with E-state index in [-0.39, 0.29) is 5.82 Å². The first-order valence-corrected chi connectivity index (χ1v) is 5.33. The lowest BCUT2D eigenvalue weighted by atomic mass is 10.2. The topological polar surface area (TPSA) is 17.0 Å². The third-order valence-electron chi connectivity index (χ3n) is 3.05. The molecule has 0 saturated carbocycles. The fraction of sp³-hybridized carbons (Fsp3) is 0.333. The van der Waals surface area contributed by atoms with Gasteiger partial charge >= 0.3 is 0 Å². The van der Waals surface area contributed by atoms with Gasteiger partial charge in [-0.25, -0.2) is 4.39 Å². The third-order valence-corrected chi connectivity index (χ3v) is 3.05. The summed E-state index contributed by atoms with van der Waals surface area (Å²) in [6, 6.07) is 7.29. The van der Waals surface area contributed by atoms with Gasteiger partial charge in [0.2, 0.25) is 0 Å². The molecule has 1 N–H and O–H groups in total. The number of benzene rings is 1. The van der Waals surface area contributed by atoms with Crippen molar-refractivity contribution in [1.82, 2.24) is 9.88 Å². The van der Waals surface area contributed by atoms with Gasteiger partial charge in [-0.15, -0.1) is 0 Å². The van der Waals surface area contributed by atoms with Crippen LogP contribution in [0.3, 0.4) is 0 Å². The van der Waals surface area contributed by atoms with Gasteiger partial charge in [0.1, 0.15) is 5.82 Å². The minimum Gasteiger partial charge on any atom is -0.343 e. The Morgan fingerprint density at radius 3 is 3.13 bits per heavy atom. The normalized spacial score (nSPS) is 16.3. The van der Waals surface area contributed by atoms with E-state index in [0.717, 1.165) is 37.0 Å². The number of fused-ring (bicyclic) bond motifs is 3. The lowest BCUT2D eigenvalue weighted by molar-refractivity contribution is 0.637. The van der Waals surface area contributed by atoms with E-state index in [9.17, 15) is 4.39 Å². The van der Waals surface area contributed by atoms with Gasteiger partial charge in [-0.2, -0.15) is 0 Å². The number of aromatic nitrogens is 1. The molecule has 0 saturated heterocycles. The standard InChI is InChI=1S/C12H13FN2/c13-11-2-1-3-12-10(11)8-9-4-5-14-6-7-15(9)12/h1-3,8,14H,4-7H2. The van der Waals surface area contributed by atoms with E-state index in [4.69, 9.17) is 0 Å². The van der Waals surface area contributed by atoms with Crippen molar-refractivity contribution in [3.8, 4) is 0 Å². The van der Waals surface area contributed by atoms with Gasteiger partial charge in [0.25, 0.3) is 0 Å². The summed E-state index contributed by atoms with van der Waals surface area (Å²) in [6.45, 7) is 2.88. The van der Waals surface area contributed by atoms with Crippen LogP contribution in [0, 0.1) is 5.82 Å². The molecule has 1 aromatic heterocycles. The molecular weight excluding hydrogens is 191 g/mol. The Labute approximate surface area is 87.7 Å². The van der Waals surface area contributed by atoms with Crippen molar-refractivity contribution in [1.29, 1.82) is 0 Å². The molecule has 3 rings (SSSR count). The Bertz CT molecular complexity index is 502. The van der Waals surface area contributed by atoms with Gasteiger partial charge in [-0.05, 0) is 18.2 Å². The molecule has 0 radical (unpaired) electrons. The van der Waals surface area contributed by atoms with Crippen LogP contribution >= 0.6 is 0 Å². The molecule has 3 heteroatoms. The zero-order valence-electron chi connectivity index (χ0n) is 8.46.